The Morgan fingerprint density at radius 2 is 2.47 bits per heavy atom. The minimum Gasteiger partial charge on any atom is -0.337 e. The van der Waals surface area contributed by atoms with Gasteiger partial charge in [0.25, 0.3) is 5.91 Å². The summed E-state index contributed by atoms with van der Waals surface area (Å²) in [4.78, 5) is 15.6. The summed E-state index contributed by atoms with van der Waals surface area (Å²) in [5, 5.41) is 8.95. The lowest BCUT2D eigenvalue weighted by atomic mass is 10.0. The van der Waals surface area contributed by atoms with Gasteiger partial charge in [-0.15, -0.1) is 0 Å². The van der Waals surface area contributed by atoms with Gasteiger partial charge in [0, 0.05) is 6.42 Å². The first kappa shape index (κ1) is 10.1. The molecular formula is C9H8N6OS. The van der Waals surface area contributed by atoms with E-state index in [-0.39, 0.29) is 17.8 Å². The van der Waals surface area contributed by atoms with Gasteiger partial charge in [-0.2, -0.15) is 13.8 Å². The van der Waals surface area contributed by atoms with Crippen molar-refractivity contribution in [1.82, 2.24) is 29.2 Å². The Labute approximate surface area is 100 Å². The molecule has 2 aromatic heterocycles. The van der Waals surface area contributed by atoms with Crippen LogP contribution in [0.4, 0.5) is 0 Å². The van der Waals surface area contributed by atoms with E-state index in [4.69, 9.17) is 0 Å². The lowest BCUT2D eigenvalue weighted by molar-refractivity contribution is 0.0933. The van der Waals surface area contributed by atoms with Crippen molar-refractivity contribution in [2.75, 3.05) is 0 Å². The molecule has 0 saturated heterocycles. The van der Waals surface area contributed by atoms with Crippen molar-refractivity contribution in [1.29, 1.82) is 0 Å². The van der Waals surface area contributed by atoms with Crippen LogP contribution in [-0.2, 0) is 6.42 Å². The van der Waals surface area contributed by atoms with Crippen LogP contribution in [0, 0.1) is 0 Å². The molecule has 86 valence electrons. The van der Waals surface area contributed by atoms with E-state index in [0.717, 1.165) is 29.5 Å². The fourth-order valence-corrected chi connectivity index (χ4v) is 2.25. The molecule has 2 heterocycles. The number of hydrogen-bond acceptors (Lipinski definition) is 6. The third-order valence-corrected chi connectivity index (χ3v) is 3.02. The summed E-state index contributed by atoms with van der Waals surface area (Å²) in [6, 6.07) is -0.241. The number of nitrogens with one attached hydrogen (secondary N) is 2. The molecule has 0 fully saturated rings. The van der Waals surface area contributed by atoms with E-state index in [1.165, 1.54) is 6.33 Å². The van der Waals surface area contributed by atoms with E-state index in [9.17, 15) is 4.79 Å². The fraction of sp³-hybridized carbons (Fsp3) is 0.222. The predicted molar refractivity (Wildman–Crippen MR) is 59.3 cm³/mol. The molecule has 2 aromatic rings. The van der Waals surface area contributed by atoms with E-state index in [1.54, 1.807) is 0 Å². The highest BCUT2D eigenvalue weighted by molar-refractivity contribution is 6.99. The van der Waals surface area contributed by atoms with Crippen molar-refractivity contribution in [2.24, 2.45) is 0 Å². The molecule has 0 saturated carbocycles. The van der Waals surface area contributed by atoms with Gasteiger partial charge in [-0.05, 0) is 0 Å². The van der Waals surface area contributed by atoms with Crippen LogP contribution >= 0.6 is 11.7 Å². The van der Waals surface area contributed by atoms with E-state index < -0.39 is 0 Å². The van der Waals surface area contributed by atoms with Gasteiger partial charge < -0.3 is 5.32 Å². The van der Waals surface area contributed by atoms with Gasteiger partial charge in [0.1, 0.15) is 12.0 Å². The molecular weight excluding hydrogens is 240 g/mol. The summed E-state index contributed by atoms with van der Waals surface area (Å²) in [6.07, 6.45) is 5.93. The second-order valence-electron chi connectivity index (χ2n) is 3.51. The van der Waals surface area contributed by atoms with Crippen molar-refractivity contribution < 1.29 is 4.79 Å². The smallest absolute Gasteiger partial charge is 0.289 e. The number of amides is 1. The van der Waals surface area contributed by atoms with Gasteiger partial charge >= 0.3 is 0 Å². The average molecular weight is 248 g/mol. The van der Waals surface area contributed by atoms with Crippen molar-refractivity contribution in [3.8, 4) is 0 Å². The highest BCUT2D eigenvalue weighted by Gasteiger charge is 2.23. The summed E-state index contributed by atoms with van der Waals surface area (Å²) < 4.78 is 8.36. The monoisotopic (exact) mass is 248 g/mol. The lowest BCUT2D eigenvalue weighted by Crippen LogP contribution is -2.30. The zero-order valence-electron chi connectivity index (χ0n) is 8.62. The van der Waals surface area contributed by atoms with Crippen molar-refractivity contribution in [3.05, 3.63) is 35.7 Å². The number of carbonyl (C=O) groups excluding carboxylic acids is 1. The van der Waals surface area contributed by atoms with Gasteiger partial charge in [0.15, 0.2) is 0 Å². The highest BCUT2D eigenvalue weighted by atomic mass is 32.1. The Kier molecular flexibility index (Phi) is 2.41. The Bertz CT molecular complexity index is 560. The van der Waals surface area contributed by atoms with E-state index in [1.807, 2.05) is 12.2 Å². The molecule has 0 radical (unpaired) electrons. The lowest BCUT2D eigenvalue weighted by Gasteiger charge is -2.15. The third-order valence-electron chi connectivity index (χ3n) is 2.44. The summed E-state index contributed by atoms with van der Waals surface area (Å²) in [6.45, 7) is 0. The van der Waals surface area contributed by atoms with Crippen LogP contribution in [0.3, 0.4) is 0 Å². The van der Waals surface area contributed by atoms with Gasteiger partial charge in [-0.25, -0.2) is 4.98 Å². The summed E-state index contributed by atoms with van der Waals surface area (Å²) in [5.41, 5.74) is 1.73. The Hall–Kier alpha value is -2.09. The van der Waals surface area contributed by atoms with Crippen molar-refractivity contribution in [2.45, 2.75) is 12.5 Å². The van der Waals surface area contributed by atoms with Crippen LogP contribution in [0.2, 0.25) is 0 Å². The molecule has 1 atom stereocenters. The van der Waals surface area contributed by atoms with Crippen LogP contribution in [-0.4, -0.2) is 29.8 Å². The molecule has 1 aliphatic carbocycles. The number of nitrogens with zero attached hydrogens (tertiary/aromatic N) is 4. The van der Waals surface area contributed by atoms with Crippen molar-refractivity contribution in [3.63, 3.8) is 0 Å². The van der Waals surface area contributed by atoms with Crippen LogP contribution in [0.15, 0.2) is 18.5 Å². The number of carbonyl (C=O) groups is 1. The van der Waals surface area contributed by atoms with Crippen LogP contribution in [0.1, 0.15) is 28.0 Å². The first-order valence-corrected chi connectivity index (χ1v) is 5.72. The minimum atomic E-state index is -0.307. The number of fused-ring (bicyclic) bond motifs is 1. The summed E-state index contributed by atoms with van der Waals surface area (Å²) in [7, 11) is 0. The molecule has 17 heavy (non-hydrogen) atoms. The van der Waals surface area contributed by atoms with Crippen molar-refractivity contribution >= 4 is 17.6 Å². The average Bonchev–Trinajstić information content (AvgIpc) is 3.00. The zero-order chi connectivity index (χ0) is 11.7. The molecule has 0 unspecified atom stereocenters. The molecule has 8 heteroatoms. The van der Waals surface area contributed by atoms with Crippen LogP contribution < -0.4 is 5.32 Å². The standard InChI is InChI=1S/C9H8N6OS/c16-9(8-10-4-11-13-8)12-5-2-1-3-6-7(5)15-17-14-6/h1-2,4-5H,3H2,(H,12,16)(H,10,11,13)/t5-/m0/s1. The van der Waals surface area contributed by atoms with E-state index >= 15 is 0 Å². The number of H-pyrrole nitrogens is 1. The first-order valence-electron chi connectivity index (χ1n) is 4.99. The molecule has 3 rings (SSSR count). The number of aromatic nitrogens is 5. The molecule has 2 N–H and O–H groups in total. The van der Waals surface area contributed by atoms with Gasteiger partial charge in [-0.3, -0.25) is 9.89 Å². The maximum absolute atomic E-state index is 11.8. The number of allylic oxidation sites excluding steroid dienone is 1. The Balaban J connectivity index is 1.80. The molecule has 0 aromatic carbocycles. The molecule has 7 nitrogen and oxygen atoms in total. The van der Waals surface area contributed by atoms with Gasteiger partial charge in [-0.1, -0.05) is 12.2 Å². The normalized spacial score (nSPS) is 17.8. The molecule has 0 spiro atoms. The molecule has 0 aliphatic heterocycles. The second kappa shape index (κ2) is 4.06. The zero-order valence-corrected chi connectivity index (χ0v) is 9.44. The number of hydrogen-bond donors (Lipinski definition) is 2. The topological polar surface area (TPSA) is 96.5 Å². The molecule has 1 amide bonds. The Morgan fingerprint density at radius 3 is 3.29 bits per heavy atom. The first-order chi connectivity index (χ1) is 8.34. The summed E-state index contributed by atoms with van der Waals surface area (Å²) >= 11 is 1.16. The van der Waals surface area contributed by atoms with Gasteiger partial charge in [0.05, 0.1) is 23.5 Å². The van der Waals surface area contributed by atoms with Crippen LogP contribution in [0.25, 0.3) is 0 Å². The minimum absolute atomic E-state index is 0.189. The van der Waals surface area contributed by atoms with Crippen LogP contribution in [0.5, 0.6) is 0 Å². The maximum atomic E-state index is 11.8. The second-order valence-corrected chi connectivity index (χ2v) is 4.04. The number of aromatic amines is 1. The Morgan fingerprint density at radius 1 is 1.53 bits per heavy atom. The van der Waals surface area contributed by atoms with Gasteiger partial charge in [0.2, 0.25) is 5.82 Å². The fourth-order valence-electron chi connectivity index (χ4n) is 1.64. The predicted octanol–water partition coefficient (Wildman–Crippen LogP) is 0.240. The van der Waals surface area contributed by atoms with E-state index in [0.29, 0.717) is 0 Å². The molecule has 0 bridgehead atoms. The quantitative estimate of drug-likeness (QED) is 0.742. The highest BCUT2D eigenvalue weighted by Crippen LogP contribution is 2.22. The summed E-state index contributed by atoms with van der Waals surface area (Å²) in [5.74, 6) is -0.119. The largest absolute Gasteiger partial charge is 0.337 e. The number of rotatable bonds is 2. The third kappa shape index (κ3) is 1.82. The van der Waals surface area contributed by atoms with E-state index in [2.05, 4.69) is 29.2 Å². The maximum Gasteiger partial charge on any atom is 0.289 e. The SMILES string of the molecule is O=C(N[C@H]1C=CCc2nsnc21)c1ncn[nH]1. The molecule has 1 aliphatic rings.